The molecule has 2 heterocycles. The summed E-state index contributed by atoms with van der Waals surface area (Å²) >= 11 is 0. The summed E-state index contributed by atoms with van der Waals surface area (Å²) < 4.78 is 16.4. The molecule has 0 atom stereocenters. The monoisotopic (exact) mass is 493 g/mol. The molecule has 0 spiro atoms. The number of ketones is 1. The van der Waals surface area contributed by atoms with Crippen LogP contribution >= 0.6 is 0 Å². The summed E-state index contributed by atoms with van der Waals surface area (Å²) in [5, 5.41) is 6.28. The molecule has 2 aliphatic rings. The molecule has 190 valence electrons. The van der Waals surface area contributed by atoms with Crippen LogP contribution in [0.15, 0.2) is 36.4 Å². The van der Waals surface area contributed by atoms with Gasteiger partial charge in [-0.05, 0) is 70.5 Å². The third-order valence-corrected chi connectivity index (χ3v) is 5.76. The van der Waals surface area contributed by atoms with E-state index in [1.165, 1.54) is 11.8 Å². The maximum Gasteiger partial charge on any atom is 0.410 e. The molecular formula is C27H31N3O6. The fourth-order valence-corrected chi connectivity index (χ4v) is 3.98. The third kappa shape index (κ3) is 5.45. The quantitative estimate of drug-likeness (QED) is 0.337. The van der Waals surface area contributed by atoms with E-state index in [4.69, 9.17) is 14.2 Å². The number of rotatable bonds is 7. The van der Waals surface area contributed by atoms with Crippen molar-refractivity contribution in [2.24, 2.45) is 0 Å². The molecule has 0 saturated carbocycles. The lowest BCUT2D eigenvalue weighted by molar-refractivity contribution is -0.110. The Balaban J connectivity index is 1.61. The van der Waals surface area contributed by atoms with Gasteiger partial charge in [0.25, 0.3) is 5.91 Å². The van der Waals surface area contributed by atoms with Crippen LogP contribution in [-0.2, 0) is 9.53 Å². The highest BCUT2D eigenvalue weighted by Gasteiger charge is 2.30. The second-order valence-electron chi connectivity index (χ2n) is 9.77. The summed E-state index contributed by atoms with van der Waals surface area (Å²) in [6.07, 6.45) is 0.219. The summed E-state index contributed by atoms with van der Waals surface area (Å²) in [5.74, 6) is 0.876. The lowest BCUT2D eigenvalue weighted by atomic mass is 9.97. The number of benzene rings is 2. The van der Waals surface area contributed by atoms with Gasteiger partial charge >= 0.3 is 6.09 Å². The first-order valence-electron chi connectivity index (χ1n) is 11.8. The van der Waals surface area contributed by atoms with Gasteiger partial charge in [-0.1, -0.05) is 0 Å². The van der Waals surface area contributed by atoms with Crippen LogP contribution in [0.1, 0.15) is 55.6 Å². The summed E-state index contributed by atoms with van der Waals surface area (Å²) in [4.78, 5) is 38.9. The first-order valence-corrected chi connectivity index (χ1v) is 11.8. The van der Waals surface area contributed by atoms with Gasteiger partial charge in [-0.2, -0.15) is 0 Å². The number of hydrogen-bond acceptors (Lipinski definition) is 7. The predicted molar refractivity (Wildman–Crippen MR) is 136 cm³/mol. The van der Waals surface area contributed by atoms with Crippen LogP contribution in [-0.4, -0.2) is 55.2 Å². The fourth-order valence-electron chi connectivity index (χ4n) is 3.98. The van der Waals surface area contributed by atoms with Crippen molar-refractivity contribution < 1.29 is 28.6 Å². The first-order chi connectivity index (χ1) is 17.0. The number of nitrogens with one attached hydrogen (secondary N) is 2. The summed E-state index contributed by atoms with van der Waals surface area (Å²) in [6, 6.07) is 10.7. The molecule has 4 rings (SSSR count). The molecule has 0 bridgehead atoms. The molecule has 2 N–H and O–H groups in total. The van der Waals surface area contributed by atoms with Crippen molar-refractivity contribution >= 4 is 34.7 Å². The Hall–Kier alpha value is -4.01. The zero-order valence-electron chi connectivity index (χ0n) is 21.2. The molecule has 36 heavy (non-hydrogen) atoms. The lowest BCUT2D eigenvalue weighted by Crippen LogP contribution is -2.35. The summed E-state index contributed by atoms with van der Waals surface area (Å²) in [6.45, 7) is 8.05. The van der Waals surface area contributed by atoms with Gasteiger partial charge in [-0.25, -0.2) is 4.79 Å². The Morgan fingerprint density at radius 3 is 2.53 bits per heavy atom. The van der Waals surface area contributed by atoms with Crippen LogP contribution in [0, 0.1) is 0 Å². The highest BCUT2D eigenvalue weighted by Crippen LogP contribution is 2.39. The number of carbonyl (C=O) groups excluding carboxylic acids is 3. The van der Waals surface area contributed by atoms with E-state index in [0.717, 1.165) is 5.56 Å². The van der Waals surface area contributed by atoms with Gasteiger partial charge in [-0.3, -0.25) is 9.59 Å². The molecule has 0 radical (unpaired) electrons. The minimum Gasteiger partial charge on any atom is -0.454 e. The second kappa shape index (κ2) is 9.93. The van der Waals surface area contributed by atoms with Crippen molar-refractivity contribution in [3.63, 3.8) is 0 Å². The molecular weight excluding hydrogens is 462 g/mol. The van der Waals surface area contributed by atoms with Gasteiger partial charge in [0.2, 0.25) is 6.79 Å². The summed E-state index contributed by atoms with van der Waals surface area (Å²) in [7, 11) is 1.69. The minimum absolute atomic E-state index is 0.0840. The average Bonchev–Trinajstić information content (AvgIpc) is 3.40. The normalized spacial score (nSPS) is 15.2. The fraction of sp³-hybridized carbons (Fsp3) is 0.370. The Bertz CT molecular complexity index is 1240. The Morgan fingerprint density at radius 2 is 1.81 bits per heavy atom. The highest BCUT2D eigenvalue weighted by atomic mass is 16.7. The Kier molecular flexibility index (Phi) is 6.92. The molecule has 0 fully saturated rings. The average molecular weight is 494 g/mol. The van der Waals surface area contributed by atoms with Gasteiger partial charge in [0, 0.05) is 42.5 Å². The van der Waals surface area contributed by atoms with Gasteiger partial charge < -0.3 is 29.7 Å². The van der Waals surface area contributed by atoms with E-state index in [9.17, 15) is 14.4 Å². The van der Waals surface area contributed by atoms with E-state index >= 15 is 0 Å². The number of fused-ring (bicyclic) bond motifs is 2. The van der Waals surface area contributed by atoms with Gasteiger partial charge in [0.05, 0.1) is 11.3 Å². The van der Waals surface area contributed by atoms with Crippen molar-refractivity contribution in [1.29, 1.82) is 0 Å². The standard InChI is InChI=1S/C27H31N3O6/c1-16(31)17-7-9-20-19(13-17)23(25(32)29-20)24(18-8-10-21-22(14-18)35-15-34-21)28-11-6-12-30(5)26(33)36-27(2,3)4/h7-10,13-14,28H,6,11-12,15H2,1-5H3,(H,29,32)/b24-23-. The number of hydrogen-bond donors (Lipinski definition) is 2. The van der Waals surface area contributed by atoms with Crippen LogP contribution in [0.25, 0.3) is 11.3 Å². The number of anilines is 1. The van der Waals surface area contributed by atoms with E-state index in [1.807, 2.05) is 32.9 Å². The van der Waals surface area contributed by atoms with Gasteiger partial charge in [-0.15, -0.1) is 0 Å². The molecule has 2 aromatic rings. The van der Waals surface area contributed by atoms with E-state index in [2.05, 4.69) is 10.6 Å². The molecule has 0 aromatic heterocycles. The number of nitrogens with zero attached hydrogens (tertiary/aromatic N) is 1. The largest absolute Gasteiger partial charge is 0.454 e. The van der Waals surface area contributed by atoms with Gasteiger partial charge in [0.1, 0.15) is 5.60 Å². The molecule has 0 unspecified atom stereocenters. The van der Waals surface area contributed by atoms with Crippen LogP contribution in [0.5, 0.6) is 11.5 Å². The second-order valence-corrected chi connectivity index (χ2v) is 9.77. The van der Waals surface area contributed by atoms with E-state index in [1.54, 1.807) is 31.3 Å². The molecule has 0 saturated heterocycles. The molecule has 0 aliphatic carbocycles. The maximum absolute atomic E-state index is 13.1. The first kappa shape index (κ1) is 25.1. The topological polar surface area (TPSA) is 106 Å². The van der Waals surface area contributed by atoms with Crippen LogP contribution in [0.4, 0.5) is 10.5 Å². The zero-order chi connectivity index (χ0) is 26.0. The highest BCUT2D eigenvalue weighted by molar-refractivity contribution is 6.36. The zero-order valence-corrected chi connectivity index (χ0v) is 21.2. The SMILES string of the molecule is CC(=O)c1ccc2c(c1)/C(=C(/NCCCN(C)C(=O)OC(C)(C)C)c1ccc3c(c1)OCO3)C(=O)N2. The van der Waals surface area contributed by atoms with Crippen LogP contribution in [0.2, 0.25) is 0 Å². The number of carbonyl (C=O) groups is 3. The van der Waals surface area contributed by atoms with Crippen molar-refractivity contribution in [2.45, 2.75) is 39.7 Å². The van der Waals surface area contributed by atoms with Crippen LogP contribution in [0.3, 0.4) is 0 Å². The molecule has 2 aliphatic heterocycles. The maximum atomic E-state index is 13.1. The molecule has 9 nitrogen and oxygen atoms in total. The van der Waals surface area contributed by atoms with Crippen molar-refractivity contribution in [2.75, 3.05) is 32.2 Å². The Morgan fingerprint density at radius 1 is 1.08 bits per heavy atom. The predicted octanol–water partition coefficient (Wildman–Crippen LogP) is 4.28. The third-order valence-electron chi connectivity index (χ3n) is 5.76. The van der Waals surface area contributed by atoms with Crippen molar-refractivity contribution in [3.05, 3.63) is 53.1 Å². The number of amides is 2. The minimum atomic E-state index is -0.567. The van der Waals surface area contributed by atoms with Gasteiger partial charge in [0.15, 0.2) is 17.3 Å². The van der Waals surface area contributed by atoms with E-state index in [-0.39, 0.29) is 18.5 Å². The molecule has 2 aromatic carbocycles. The smallest absolute Gasteiger partial charge is 0.410 e. The van der Waals surface area contributed by atoms with Crippen molar-refractivity contribution in [1.82, 2.24) is 10.2 Å². The molecule has 2 amide bonds. The number of Topliss-reactive ketones (excluding diaryl/α,β-unsaturated/α-hetero) is 1. The lowest BCUT2D eigenvalue weighted by Gasteiger charge is -2.24. The Labute approximate surface area is 210 Å². The van der Waals surface area contributed by atoms with E-state index in [0.29, 0.717) is 59.1 Å². The number of ether oxygens (including phenoxy) is 3. The summed E-state index contributed by atoms with van der Waals surface area (Å²) in [5.41, 5.74) is 3.03. The van der Waals surface area contributed by atoms with E-state index < -0.39 is 11.7 Å². The van der Waals surface area contributed by atoms with Crippen LogP contribution < -0.4 is 20.1 Å². The van der Waals surface area contributed by atoms with Crippen molar-refractivity contribution in [3.8, 4) is 11.5 Å². The molecule has 9 heteroatoms.